The predicted octanol–water partition coefficient (Wildman–Crippen LogP) is 1.17. The van der Waals surface area contributed by atoms with Gasteiger partial charge in [-0.3, -0.25) is 14.5 Å². The molecular formula is C19H36N4O2. The molecule has 6 nitrogen and oxygen atoms in total. The minimum atomic E-state index is -0.149. The van der Waals surface area contributed by atoms with Crippen LogP contribution < -0.4 is 5.32 Å². The second-order valence-electron chi connectivity index (χ2n) is 7.92. The van der Waals surface area contributed by atoms with E-state index in [0.717, 1.165) is 45.3 Å². The first-order chi connectivity index (χ1) is 12.0. The molecule has 0 bridgehead atoms. The van der Waals surface area contributed by atoms with E-state index in [0.29, 0.717) is 5.92 Å². The van der Waals surface area contributed by atoms with Gasteiger partial charge in [-0.1, -0.05) is 19.3 Å². The molecule has 1 aliphatic heterocycles. The van der Waals surface area contributed by atoms with E-state index >= 15 is 0 Å². The third kappa shape index (κ3) is 5.17. The molecule has 2 rings (SSSR count). The molecule has 2 atom stereocenters. The number of nitrogens with one attached hydrogen (secondary N) is 1. The highest BCUT2D eigenvalue weighted by Crippen LogP contribution is 2.33. The topological polar surface area (TPSA) is 55.9 Å². The number of rotatable bonds is 7. The summed E-state index contributed by atoms with van der Waals surface area (Å²) in [5.74, 6) is 0.640. The van der Waals surface area contributed by atoms with Crippen molar-refractivity contribution in [2.75, 3.05) is 47.8 Å². The first-order valence-corrected chi connectivity index (χ1v) is 9.82. The summed E-state index contributed by atoms with van der Waals surface area (Å²) in [6.07, 6.45) is 7.74. The van der Waals surface area contributed by atoms with E-state index in [4.69, 9.17) is 0 Å². The van der Waals surface area contributed by atoms with Crippen LogP contribution in [0, 0.1) is 5.92 Å². The zero-order valence-electron chi connectivity index (χ0n) is 16.5. The van der Waals surface area contributed by atoms with Crippen molar-refractivity contribution in [3.63, 3.8) is 0 Å². The fourth-order valence-corrected chi connectivity index (χ4v) is 4.33. The fraction of sp³-hybridized carbons (Fsp3) is 0.895. The van der Waals surface area contributed by atoms with Gasteiger partial charge in [0.1, 0.15) is 0 Å². The highest BCUT2D eigenvalue weighted by Gasteiger charge is 2.42. The molecule has 0 aromatic heterocycles. The van der Waals surface area contributed by atoms with Crippen LogP contribution in [0.2, 0.25) is 0 Å². The van der Waals surface area contributed by atoms with Crippen LogP contribution in [0.1, 0.15) is 44.9 Å². The minimum absolute atomic E-state index is 0.0857. The number of hydrogen-bond acceptors (Lipinski definition) is 4. The Morgan fingerprint density at radius 1 is 1.04 bits per heavy atom. The number of amides is 2. The molecule has 0 aromatic carbocycles. The standard InChI is InChI=1S/C19H36N4O2/c1-20-18(24)17(15-9-6-5-7-10-15)23-12-8-11-16(23)19(25)22(4)14-13-21(2)3/h15-17H,5-14H2,1-4H3,(H,20,24). The summed E-state index contributed by atoms with van der Waals surface area (Å²) in [5, 5.41) is 2.86. The lowest BCUT2D eigenvalue weighted by Crippen LogP contribution is -2.56. The van der Waals surface area contributed by atoms with Gasteiger partial charge in [0.2, 0.25) is 11.8 Å². The normalized spacial score (nSPS) is 23.6. The van der Waals surface area contributed by atoms with Crippen LogP contribution in [0.25, 0.3) is 0 Å². The number of likely N-dealkylation sites (tertiary alicyclic amines) is 1. The third-order valence-corrected chi connectivity index (χ3v) is 5.81. The van der Waals surface area contributed by atoms with Gasteiger partial charge < -0.3 is 15.1 Å². The Morgan fingerprint density at radius 2 is 1.72 bits per heavy atom. The monoisotopic (exact) mass is 352 g/mol. The predicted molar refractivity (Wildman–Crippen MR) is 100 cm³/mol. The summed E-state index contributed by atoms with van der Waals surface area (Å²) in [7, 11) is 7.64. The Bertz CT molecular complexity index is 449. The molecule has 1 heterocycles. The molecule has 0 radical (unpaired) electrons. The minimum Gasteiger partial charge on any atom is -0.358 e. The maximum atomic E-state index is 13.0. The van der Waals surface area contributed by atoms with Gasteiger partial charge in [0.25, 0.3) is 0 Å². The fourth-order valence-electron chi connectivity index (χ4n) is 4.33. The van der Waals surface area contributed by atoms with Crippen LogP contribution >= 0.6 is 0 Å². The van der Waals surface area contributed by atoms with Crippen LogP contribution in [0.5, 0.6) is 0 Å². The van der Waals surface area contributed by atoms with Gasteiger partial charge in [-0.25, -0.2) is 0 Å². The van der Waals surface area contributed by atoms with E-state index in [9.17, 15) is 9.59 Å². The molecule has 0 aromatic rings. The molecular weight excluding hydrogens is 316 g/mol. The molecule has 6 heteroatoms. The zero-order chi connectivity index (χ0) is 18.4. The lowest BCUT2D eigenvalue weighted by molar-refractivity contribution is -0.139. The number of nitrogens with zero attached hydrogens (tertiary/aromatic N) is 3. The van der Waals surface area contributed by atoms with Crippen LogP contribution in [0.3, 0.4) is 0 Å². The quantitative estimate of drug-likeness (QED) is 0.747. The van der Waals surface area contributed by atoms with Crippen LogP contribution in [0.15, 0.2) is 0 Å². The van der Waals surface area contributed by atoms with Gasteiger partial charge >= 0.3 is 0 Å². The zero-order valence-corrected chi connectivity index (χ0v) is 16.5. The molecule has 2 fully saturated rings. The Hall–Kier alpha value is -1.14. The van der Waals surface area contributed by atoms with Crippen molar-refractivity contribution in [3.05, 3.63) is 0 Å². The molecule has 144 valence electrons. The van der Waals surface area contributed by atoms with E-state index in [1.54, 1.807) is 7.05 Å². The van der Waals surface area contributed by atoms with Crippen molar-refractivity contribution in [1.82, 2.24) is 20.0 Å². The van der Waals surface area contributed by atoms with E-state index in [-0.39, 0.29) is 23.9 Å². The van der Waals surface area contributed by atoms with Crippen molar-refractivity contribution in [2.24, 2.45) is 5.92 Å². The second-order valence-corrected chi connectivity index (χ2v) is 7.92. The highest BCUT2D eigenvalue weighted by molar-refractivity contribution is 5.85. The molecule has 1 N–H and O–H groups in total. The van der Waals surface area contributed by atoms with E-state index in [1.807, 2.05) is 26.0 Å². The first kappa shape index (κ1) is 20.2. The van der Waals surface area contributed by atoms with Gasteiger partial charge in [0.15, 0.2) is 0 Å². The maximum Gasteiger partial charge on any atom is 0.239 e. The van der Waals surface area contributed by atoms with Crippen molar-refractivity contribution < 1.29 is 9.59 Å². The number of carbonyl (C=O) groups excluding carboxylic acids is 2. The van der Waals surface area contributed by atoms with Crippen molar-refractivity contribution in [1.29, 1.82) is 0 Å². The molecule has 1 saturated heterocycles. The summed E-state index contributed by atoms with van der Waals surface area (Å²) < 4.78 is 0. The summed E-state index contributed by atoms with van der Waals surface area (Å²) in [6, 6.07) is -0.291. The van der Waals surface area contributed by atoms with E-state index in [2.05, 4.69) is 15.1 Å². The lowest BCUT2D eigenvalue weighted by atomic mass is 9.82. The molecule has 2 unspecified atom stereocenters. The number of likely N-dealkylation sites (N-methyl/N-ethyl adjacent to an activating group) is 3. The molecule has 2 amide bonds. The average Bonchev–Trinajstić information content (AvgIpc) is 3.09. The van der Waals surface area contributed by atoms with E-state index in [1.165, 1.54) is 19.3 Å². The lowest BCUT2D eigenvalue weighted by Gasteiger charge is -2.39. The Kier molecular flexibility index (Phi) is 7.69. The molecule has 25 heavy (non-hydrogen) atoms. The third-order valence-electron chi connectivity index (χ3n) is 5.81. The number of carbonyl (C=O) groups is 2. The van der Waals surface area contributed by atoms with Crippen LogP contribution in [-0.4, -0.2) is 86.4 Å². The Morgan fingerprint density at radius 3 is 2.32 bits per heavy atom. The van der Waals surface area contributed by atoms with Gasteiger partial charge in [0, 0.05) is 27.2 Å². The largest absolute Gasteiger partial charge is 0.358 e. The highest BCUT2D eigenvalue weighted by atomic mass is 16.2. The van der Waals surface area contributed by atoms with Gasteiger partial charge in [-0.05, 0) is 52.2 Å². The van der Waals surface area contributed by atoms with Crippen molar-refractivity contribution in [3.8, 4) is 0 Å². The second kappa shape index (κ2) is 9.53. The molecule has 2 aliphatic rings. The maximum absolute atomic E-state index is 13.0. The first-order valence-electron chi connectivity index (χ1n) is 9.82. The molecule has 1 saturated carbocycles. The summed E-state index contributed by atoms with van der Waals surface area (Å²) in [5.41, 5.74) is 0. The molecule has 0 spiro atoms. The van der Waals surface area contributed by atoms with Gasteiger partial charge in [-0.2, -0.15) is 0 Å². The van der Waals surface area contributed by atoms with E-state index < -0.39 is 0 Å². The summed E-state index contributed by atoms with van der Waals surface area (Å²) in [6.45, 7) is 2.44. The summed E-state index contributed by atoms with van der Waals surface area (Å²) in [4.78, 5) is 31.8. The average molecular weight is 353 g/mol. The van der Waals surface area contributed by atoms with Gasteiger partial charge in [-0.15, -0.1) is 0 Å². The van der Waals surface area contributed by atoms with Crippen molar-refractivity contribution >= 4 is 11.8 Å². The van der Waals surface area contributed by atoms with Gasteiger partial charge in [0.05, 0.1) is 12.1 Å². The smallest absolute Gasteiger partial charge is 0.239 e. The molecule has 1 aliphatic carbocycles. The van der Waals surface area contributed by atoms with Crippen LogP contribution in [0.4, 0.5) is 0 Å². The Balaban J connectivity index is 2.10. The SMILES string of the molecule is CNC(=O)C(C1CCCCC1)N1CCCC1C(=O)N(C)CCN(C)C. The van der Waals surface area contributed by atoms with Crippen LogP contribution in [-0.2, 0) is 9.59 Å². The van der Waals surface area contributed by atoms with Crippen molar-refractivity contribution in [2.45, 2.75) is 57.0 Å². The number of hydrogen-bond donors (Lipinski definition) is 1. The summed E-state index contributed by atoms with van der Waals surface area (Å²) >= 11 is 0. The Labute approximate surface area is 152 Å².